The molecule has 0 fully saturated rings. The summed E-state index contributed by atoms with van der Waals surface area (Å²) in [6, 6.07) is 22.4. The number of aryl methyl sites for hydroxylation is 1. The van der Waals surface area contributed by atoms with Crippen molar-refractivity contribution < 1.29 is 19.1 Å². The first-order chi connectivity index (χ1) is 15.1. The van der Waals surface area contributed by atoms with Crippen molar-refractivity contribution in [2.24, 2.45) is 10.9 Å². The van der Waals surface area contributed by atoms with Crippen molar-refractivity contribution in [2.75, 3.05) is 7.11 Å². The average Bonchev–Trinajstić information content (AvgIpc) is 2.81. The van der Waals surface area contributed by atoms with E-state index >= 15 is 0 Å². The van der Waals surface area contributed by atoms with Crippen molar-refractivity contribution in [3.63, 3.8) is 0 Å². The lowest BCUT2D eigenvalue weighted by Gasteiger charge is -2.12. The first-order valence-corrected chi connectivity index (χ1v) is 9.70. The summed E-state index contributed by atoms with van der Waals surface area (Å²) in [5, 5.41) is 3.68. The molecule has 0 aliphatic rings. The van der Waals surface area contributed by atoms with E-state index in [4.69, 9.17) is 20.0 Å². The molecule has 31 heavy (non-hydrogen) atoms. The van der Waals surface area contributed by atoms with Gasteiger partial charge in [-0.3, -0.25) is 0 Å². The summed E-state index contributed by atoms with van der Waals surface area (Å²) >= 11 is 0. The zero-order chi connectivity index (χ0) is 22.1. The Bertz CT molecular complexity index is 1090. The second-order valence-electron chi connectivity index (χ2n) is 6.71. The van der Waals surface area contributed by atoms with Gasteiger partial charge in [-0.2, -0.15) is 0 Å². The summed E-state index contributed by atoms with van der Waals surface area (Å²) in [5.74, 6) is 1.01. The van der Waals surface area contributed by atoms with Gasteiger partial charge < -0.3 is 20.0 Å². The minimum atomic E-state index is -0.632. The molecule has 2 N–H and O–H groups in total. The van der Waals surface area contributed by atoms with Gasteiger partial charge in [0.05, 0.1) is 7.11 Å². The van der Waals surface area contributed by atoms with Gasteiger partial charge in [-0.05, 0) is 42.3 Å². The Morgan fingerprint density at radius 2 is 1.74 bits per heavy atom. The van der Waals surface area contributed by atoms with Crippen LogP contribution in [0, 0.1) is 6.92 Å². The van der Waals surface area contributed by atoms with Crippen LogP contribution in [-0.4, -0.2) is 18.9 Å². The highest BCUT2D eigenvalue weighted by Crippen LogP contribution is 2.24. The van der Waals surface area contributed by atoms with Crippen LogP contribution in [0.15, 0.2) is 84.0 Å². The molecule has 0 amide bonds. The number of ether oxygens (including phenoxy) is 2. The fourth-order valence-electron chi connectivity index (χ4n) is 2.84. The van der Waals surface area contributed by atoms with Crippen molar-refractivity contribution in [2.45, 2.75) is 13.5 Å². The smallest absolute Gasteiger partial charge is 0.358 e. The van der Waals surface area contributed by atoms with E-state index in [0.29, 0.717) is 17.9 Å². The van der Waals surface area contributed by atoms with Gasteiger partial charge in [0.25, 0.3) is 0 Å². The molecule has 0 spiro atoms. The number of carbonyl (C=O) groups excluding carboxylic acids is 1. The highest BCUT2D eigenvalue weighted by Gasteiger charge is 2.07. The van der Waals surface area contributed by atoms with Crippen LogP contribution in [0.5, 0.6) is 11.5 Å². The fraction of sp³-hybridized carbons (Fsp3) is 0.120. The van der Waals surface area contributed by atoms with E-state index in [-0.39, 0.29) is 5.84 Å². The lowest BCUT2D eigenvalue weighted by atomic mass is 10.1. The van der Waals surface area contributed by atoms with E-state index < -0.39 is 5.97 Å². The topological polar surface area (TPSA) is 83.1 Å². The molecule has 0 bridgehead atoms. The van der Waals surface area contributed by atoms with Crippen molar-refractivity contribution >= 4 is 17.9 Å². The number of methoxy groups -OCH3 is 1. The predicted octanol–water partition coefficient (Wildman–Crippen LogP) is 4.46. The molecule has 0 aliphatic heterocycles. The summed E-state index contributed by atoms with van der Waals surface area (Å²) in [6.45, 7) is 2.32. The van der Waals surface area contributed by atoms with Gasteiger partial charge in [-0.1, -0.05) is 59.8 Å². The van der Waals surface area contributed by atoms with Crippen LogP contribution in [-0.2, 0) is 16.2 Å². The first kappa shape index (κ1) is 21.6. The Kier molecular flexibility index (Phi) is 7.43. The Morgan fingerprint density at radius 3 is 2.48 bits per heavy atom. The molecule has 0 atom stereocenters. The van der Waals surface area contributed by atoms with Gasteiger partial charge in [0.15, 0.2) is 5.84 Å². The number of carbonyl (C=O) groups is 1. The Balaban J connectivity index is 1.65. The lowest BCUT2D eigenvalue weighted by molar-refractivity contribution is -0.137. The number of oxime groups is 1. The number of benzene rings is 3. The van der Waals surface area contributed by atoms with E-state index in [9.17, 15) is 4.79 Å². The molecule has 0 radical (unpaired) electrons. The lowest BCUT2D eigenvalue weighted by Crippen LogP contribution is -2.14. The van der Waals surface area contributed by atoms with Gasteiger partial charge >= 0.3 is 5.97 Å². The van der Waals surface area contributed by atoms with Crippen molar-refractivity contribution in [1.29, 1.82) is 0 Å². The second kappa shape index (κ2) is 10.6. The molecular weight excluding hydrogens is 392 g/mol. The number of hydrogen-bond acceptors (Lipinski definition) is 5. The zero-order valence-corrected chi connectivity index (χ0v) is 17.4. The Hall–Kier alpha value is -4.06. The Labute approximate surface area is 181 Å². The molecule has 0 saturated carbocycles. The normalized spacial score (nSPS) is 11.4. The van der Waals surface area contributed by atoms with Gasteiger partial charge in [-0.15, -0.1) is 0 Å². The van der Waals surface area contributed by atoms with Crippen LogP contribution in [0.2, 0.25) is 0 Å². The van der Waals surface area contributed by atoms with Crippen LogP contribution in [0.4, 0.5) is 0 Å². The average molecular weight is 416 g/mol. The van der Waals surface area contributed by atoms with Gasteiger partial charge in [-0.25, -0.2) is 4.79 Å². The van der Waals surface area contributed by atoms with Crippen LogP contribution in [0.1, 0.15) is 22.3 Å². The minimum Gasteiger partial charge on any atom is -0.496 e. The third-order valence-corrected chi connectivity index (χ3v) is 4.50. The third-order valence-electron chi connectivity index (χ3n) is 4.50. The highest BCUT2D eigenvalue weighted by molar-refractivity contribution is 5.97. The number of nitrogens with zero attached hydrogens (tertiary/aromatic N) is 1. The second-order valence-corrected chi connectivity index (χ2v) is 6.71. The van der Waals surface area contributed by atoms with E-state index in [2.05, 4.69) is 5.16 Å². The van der Waals surface area contributed by atoms with E-state index in [0.717, 1.165) is 22.4 Å². The van der Waals surface area contributed by atoms with Gasteiger partial charge in [0.2, 0.25) is 0 Å². The largest absolute Gasteiger partial charge is 0.496 e. The summed E-state index contributed by atoms with van der Waals surface area (Å²) in [7, 11) is 1.61. The minimum absolute atomic E-state index is 0.127. The maximum atomic E-state index is 12.0. The maximum absolute atomic E-state index is 12.0. The SMILES string of the molecule is COc1ccc(/C=C\C(=O)O/N=C(\N)c2ccccc2)cc1COc1ccccc1C. The molecule has 0 unspecified atom stereocenters. The quantitative estimate of drug-likeness (QED) is 0.193. The molecule has 158 valence electrons. The van der Waals surface area contributed by atoms with Crippen LogP contribution < -0.4 is 15.2 Å². The molecule has 0 aliphatic carbocycles. The van der Waals surface area contributed by atoms with E-state index in [1.54, 1.807) is 25.3 Å². The van der Waals surface area contributed by atoms with E-state index in [1.165, 1.54) is 6.08 Å². The van der Waals surface area contributed by atoms with E-state index in [1.807, 2.05) is 67.6 Å². The number of para-hydroxylation sites is 1. The van der Waals surface area contributed by atoms with Crippen LogP contribution in [0.25, 0.3) is 6.08 Å². The zero-order valence-electron chi connectivity index (χ0n) is 17.4. The van der Waals surface area contributed by atoms with Crippen LogP contribution in [0.3, 0.4) is 0 Å². The maximum Gasteiger partial charge on any atom is 0.358 e. The van der Waals surface area contributed by atoms with Crippen molar-refractivity contribution in [3.05, 3.63) is 101 Å². The van der Waals surface area contributed by atoms with Gasteiger partial charge in [0, 0.05) is 17.2 Å². The third kappa shape index (κ3) is 6.21. The molecule has 6 heteroatoms. The van der Waals surface area contributed by atoms with Crippen molar-refractivity contribution in [3.8, 4) is 11.5 Å². The summed E-state index contributed by atoms with van der Waals surface area (Å²) in [5.41, 5.74) is 9.19. The molecule has 3 aromatic carbocycles. The number of nitrogens with two attached hydrogens (primary N) is 1. The number of amidine groups is 1. The number of rotatable bonds is 8. The first-order valence-electron chi connectivity index (χ1n) is 9.70. The highest BCUT2D eigenvalue weighted by atomic mass is 16.7. The Morgan fingerprint density at radius 1 is 1.00 bits per heavy atom. The summed E-state index contributed by atoms with van der Waals surface area (Å²) in [6.07, 6.45) is 2.92. The fourth-order valence-corrected chi connectivity index (χ4v) is 2.84. The van der Waals surface area contributed by atoms with Crippen molar-refractivity contribution in [1.82, 2.24) is 0 Å². The summed E-state index contributed by atoms with van der Waals surface area (Å²) in [4.78, 5) is 16.8. The summed E-state index contributed by atoms with van der Waals surface area (Å²) < 4.78 is 11.3. The molecule has 0 aromatic heterocycles. The molecule has 3 rings (SSSR count). The molecule has 0 saturated heterocycles. The monoisotopic (exact) mass is 416 g/mol. The molecule has 0 heterocycles. The molecular formula is C25H24N2O4. The standard InChI is InChI=1S/C25H24N2O4/c1-18-8-6-7-11-22(18)30-17-21-16-19(12-14-23(21)29-2)13-15-24(28)31-27-25(26)20-9-4-3-5-10-20/h3-16H,17H2,1-2H3,(H2,26,27)/b15-13-. The number of hydrogen-bond donors (Lipinski definition) is 1. The van der Waals surface area contributed by atoms with Crippen LogP contribution >= 0.6 is 0 Å². The van der Waals surface area contributed by atoms with Gasteiger partial charge in [0.1, 0.15) is 18.1 Å². The molecule has 6 nitrogen and oxygen atoms in total. The molecule has 3 aromatic rings. The predicted molar refractivity (Wildman–Crippen MR) is 121 cm³/mol.